The molecule has 2 fully saturated rings. The first-order chi connectivity index (χ1) is 14.1. The van der Waals surface area contributed by atoms with Crippen molar-refractivity contribution in [2.75, 3.05) is 18.0 Å². The van der Waals surface area contributed by atoms with Crippen LogP contribution < -0.4 is 4.90 Å². The highest BCUT2D eigenvalue weighted by Crippen LogP contribution is 2.37. The van der Waals surface area contributed by atoms with Gasteiger partial charge in [0.25, 0.3) is 5.91 Å². The number of rotatable bonds is 4. The fraction of sp³-hybridized carbons (Fsp3) is 0.565. The Kier molecular flexibility index (Phi) is 6.19. The van der Waals surface area contributed by atoms with Gasteiger partial charge >= 0.3 is 0 Å². The van der Waals surface area contributed by atoms with Crippen molar-refractivity contribution in [1.82, 2.24) is 9.80 Å². The molecule has 30 heavy (non-hydrogen) atoms. The minimum atomic E-state index is -0.752. The second-order valence-corrected chi connectivity index (χ2v) is 9.51. The predicted octanol–water partition coefficient (Wildman–Crippen LogP) is 4.30. The Morgan fingerprint density at radius 2 is 1.93 bits per heavy atom. The number of piperidine rings is 1. The molecule has 0 atom stereocenters. The van der Waals surface area contributed by atoms with Gasteiger partial charge in [0.1, 0.15) is 5.54 Å². The Morgan fingerprint density at radius 3 is 2.47 bits per heavy atom. The van der Waals surface area contributed by atoms with Crippen LogP contribution in [0.5, 0.6) is 0 Å². The molecular weight excluding hydrogens is 396 g/mol. The van der Waals surface area contributed by atoms with Crippen LogP contribution in [0.1, 0.15) is 52.5 Å². The van der Waals surface area contributed by atoms with Gasteiger partial charge in [0.2, 0.25) is 5.91 Å². The van der Waals surface area contributed by atoms with Gasteiger partial charge in [-0.1, -0.05) is 19.9 Å². The number of hydrogen-bond donors (Lipinski definition) is 0. The van der Waals surface area contributed by atoms with Crippen LogP contribution in [-0.2, 0) is 9.59 Å². The maximum atomic E-state index is 13.3. The lowest BCUT2D eigenvalue weighted by atomic mass is 9.96. The van der Waals surface area contributed by atoms with Crippen molar-refractivity contribution in [1.29, 1.82) is 0 Å². The Bertz CT molecular complexity index is 910. The average molecular weight is 427 g/mol. The van der Waals surface area contributed by atoms with E-state index in [1.807, 2.05) is 31.7 Å². The van der Waals surface area contributed by atoms with Crippen molar-refractivity contribution in [2.24, 2.45) is 5.92 Å². The van der Waals surface area contributed by atoms with Gasteiger partial charge in [-0.15, -0.1) is 0 Å². The molecule has 0 N–H and O–H groups in total. The van der Waals surface area contributed by atoms with E-state index in [1.54, 1.807) is 17.0 Å². The van der Waals surface area contributed by atoms with E-state index in [0.717, 1.165) is 18.4 Å². The van der Waals surface area contributed by atoms with Gasteiger partial charge in [0.05, 0.1) is 6.57 Å². The van der Waals surface area contributed by atoms with Crippen molar-refractivity contribution < 1.29 is 9.59 Å². The summed E-state index contributed by atoms with van der Waals surface area (Å²) in [5.74, 6) is 0.504. The van der Waals surface area contributed by atoms with E-state index in [2.05, 4.69) is 23.6 Å². The van der Waals surface area contributed by atoms with E-state index in [-0.39, 0.29) is 17.9 Å². The zero-order valence-electron chi connectivity index (χ0n) is 18.4. The van der Waals surface area contributed by atoms with Crippen LogP contribution in [-0.4, -0.2) is 51.4 Å². The van der Waals surface area contributed by atoms with E-state index in [0.29, 0.717) is 41.9 Å². The monoisotopic (exact) mass is 426 g/mol. The average Bonchev–Trinajstić information content (AvgIpc) is 2.85. The number of likely N-dealkylation sites (tertiary alicyclic amines) is 1. The van der Waals surface area contributed by atoms with Crippen LogP contribution in [0.15, 0.2) is 18.2 Å². The van der Waals surface area contributed by atoms with Gasteiger partial charge < -0.3 is 9.80 Å². The smallest absolute Gasteiger partial charge is 0.258 e. The minimum absolute atomic E-state index is 0.0548. The second kappa shape index (κ2) is 8.35. The summed E-state index contributed by atoms with van der Waals surface area (Å²) < 4.78 is 0. The van der Waals surface area contributed by atoms with Gasteiger partial charge in [-0.3, -0.25) is 14.5 Å². The Labute approximate surface area is 184 Å². The summed E-state index contributed by atoms with van der Waals surface area (Å²) in [5.41, 5.74) is 1.35. The van der Waals surface area contributed by atoms with Gasteiger partial charge in [0.15, 0.2) is 10.8 Å². The van der Waals surface area contributed by atoms with E-state index in [1.165, 1.54) is 0 Å². The maximum Gasteiger partial charge on any atom is 0.258 e. The quantitative estimate of drug-likeness (QED) is 0.532. The molecule has 1 aromatic rings. The molecule has 0 bridgehead atoms. The maximum absolute atomic E-state index is 13.3. The van der Waals surface area contributed by atoms with Crippen LogP contribution in [0.3, 0.4) is 0 Å². The molecule has 2 aliphatic heterocycles. The second-order valence-electron chi connectivity index (χ2n) is 9.14. The summed E-state index contributed by atoms with van der Waals surface area (Å²) in [6, 6.07) is 5.50. The van der Waals surface area contributed by atoms with Crippen LogP contribution in [0.25, 0.3) is 4.85 Å². The number of carbonyl (C=O) groups excluding carboxylic acids is 2. The van der Waals surface area contributed by atoms with Crippen LogP contribution in [0.4, 0.5) is 11.4 Å². The molecule has 0 radical (unpaired) electrons. The molecule has 0 aliphatic carbocycles. The summed E-state index contributed by atoms with van der Waals surface area (Å²) in [7, 11) is 0. The molecule has 2 heterocycles. The van der Waals surface area contributed by atoms with Crippen molar-refractivity contribution >= 4 is 40.5 Å². The third kappa shape index (κ3) is 3.93. The third-order valence-electron chi connectivity index (χ3n) is 6.05. The van der Waals surface area contributed by atoms with Crippen LogP contribution in [0, 0.1) is 19.4 Å². The van der Waals surface area contributed by atoms with Crippen molar-refractivity contribution in [2.45, 2.75) is 65.5 Å². The largest absolute Gasteiger partial charge is 0.343 e. The molecule has 1 aromatic carbocycles. The summed E-state index contributed by atoms with van der Waals surface area (Å²) in [5, 5.41) is 0.506. The number of amides is 2. The summed E-state index contributed by atoms with van der Waals surface area (Å²) in [6.45, 7) is 18.4. The van der Waals surface area contributed by atoms with E-state index < -0.39 is 5.54 Å². The van der Waals surface area contributed by atoms with E-state index in [9.17, 15) is 9.59 Å². The van der Waals surface area contributed by atoms with E-state index in [4.69, 9.17) is 18.8 Å². The molecule has 2 aliphatic rings. The number of anilines is 1. The number of nitrogens with zero attached hydrogens (tertiary/aromatic N) is 4. The summed E-state index contributed by atoms with van der Waals surface area (Å²) in [4.78, 5) is 34.8. The molecule has 0 spiro atoms. The first-order valence-corrected chi connectivity index (χ1v) is 10.9. The van der Waals surface area contributed by atoms with Gasteiger partial charge in [-0.25, -0.2) is 4.85 Å². The Morgan fingerprint density at radius 1 is 1.30 bits per heavy atom. The fourth-order valence-corrected chi connectivity index (χ4v) is 4.97. The van der Waals surface area contributed by atoms with Crippen molar-refractivity contribution in [3.8, 4) is 0 Å². The highest BCUT2D eigenvalue weighted by molar-refractivity contribution is 7.80. The van der Waals surface area contributed by atoms with Crippen molar-refractivity contribution in [3.63, 3.8) is 0 Å². The zero-order chi connectivity index (χ0) is 22.2. The van der Waals surface area contributed by atoms with E-state index >= 15 is 0 Å². The predicted molar refractivity (Wildman–Crippen MR) is 123 cm³/mol. The molecule has 6 nitrogen and oxygen atoms in total. The molecule has 2 amide bonds. The SMILES string of the molecule is [C-]#[N+]c1ccc(N2C(=O)C(C)(C)N(C3CCN(C(=O)CC(C)C)CC3)C2=S)cc1C. The zero-order valence-corrected chi connectivity index (χ0v) is 19.3. The van der Waals surface area contributed by atoms with Gasteiger partial charge in [-0.2, -0.15) is 0 Å². The number of thiocarbonyl (C=S) groups is 1. The lowest BCUT2D eigenvalue weighted by Crippen LogP contribution is -2.54. The van der Waals surface area contributed by atoms with Crippen molar-refractivity contribution in [3.05, 3.63) is 35.2 Å². The first kappa shape index (κ1) is 22.2. The van der Waals surface area contributed by atoms with Crippen LogP contribution >= 0.6 is 12.2 Å². The lowest BCUT2D eigenvalue weighted by Gasteiger charge is -2.42. The summed E-state index contributed by atoms with van der Waals surface area (Å²) in [6.07, 6.45) is 2.17. The van der Waals surface area contributed by atoms with Gasteiger partial charge in [0, 0.05) is 31.2 Å². The molecule has 0 aromatic heterocycles. The third-order valence-corrected chi connectivity index (χ3v) is 6.43. The highest BCUT2D eigenvalue weighted by atomic mass is 32.1. The minimum Gasteiger partial charge on any atom is -0.343 e. The fourth-order valence-electron chi connectivity index (χ4n) is 4.41. The first-order valence-electron chi connectivity index (χ1n) is 10.5. The molecule has 0 unspecified atom stereocenters. The molecule has 160 valence electrons. The number of carbonyl (C=O) groups is 2. The molecule has 2 saturated heterocycles. The molecular formula is C23H30N4O2S. The molecule has 0 saturated carbocycles. The normalized spacial score (nSPS) is 19.6. The number of hydrogen-bond acceptors (Lipinski definition) is 3. The van der Waals surface area contributed by atoms with Crippen LogP contribution in [0.2, 0.25) is 0 Å². The lowest BCUT2D eigenvalue weighted by molar-refractivity contribution is -0.134. The molecule has 7 heteroatoms. The standard InChI is InChI=1S/C23H30N4O2S/c1-15(2)13-20(28)25-11-9-17(10-12-25)27-22(30)26(21(29)23(27,4)5)18-7-8-19(24-6)16(3)14-18/h7-8,14-15,17H,9-13H2,1-5H3. The topological polar surface area (TPSA) is 48.2 Å². The van der Waals surface area contributed by atoms with Gasteiger partial charge in [-0.05, 0) is 69.4 Å². The molecule has 3 rings (SSSR count). The Hall–Kier alpha value is -2.46. The number of aryl methyl sites for hydroxylation is 1. The number of benzene rings is 1. The summed E-state index contributed by atoms with van der Waals surface area (Å²) >= 11 is 5.78. The highest BCUT2D eigenvalue weighted by Gasteiger charge is 2.52. The Balaban J connectivity index is 1.79.